The van der Waals surface area contributed by atoms with Crippen LogP contribution in [0.3, 0.4) is 0 Å². The topological polar surface area (TPSA) is 31.3 Å². The Labute approximate surface area is 259 Å². The Morgan fingerprint density at radius 2 is 1.52 bits per heavy atom. The molecule has 8 heteroatoms. The molecule has 0 unspecified atom stereocenters. The zero-order chi connectivity index (χ0) is 27.4. The molecule has 4 aromatic carbocycles. The van der Waals surface area contributed by atoms with Crippen LogP contribution in [-0.4, -0.2) is 30.5 Å². The van der Waals surface area contributed by atoms with Gasteiger partial charge in [0.05, 0.1) is 23.5 Å². The number of amidine groups is 1. The number of ether oxygens (including phenoxy) is 1. The molecule has 0 N–H and O–H groups in total. The summed E-state index contributed by atoms with van der Waals surface area (Å²) in [7, 11) is 2.13. The highest BCUT2D eigenvalue weighted by molar-refractivity contribution is 9.11. The van der Waals surface area contributed by atoms with Gasteiger partial charge in [-0.1, -0.05) is 88.7 Å². The van der Waals surface area contributed by atoms with E-state index in [2.05, 4.69) is 161 Å². The summed E-state index contributed by atoms with van der Waals surface area (Å²) in [4.78, 5) is 4.69. The maximum absolute atomic E-state index is 6.47. The third-order valence-electron chi connectivity index (χ3n) is 7.71. The Kier molecular flexibility index (Phi) is 6.82. The summed E-state index contributed by atoms with van der Waals surface area (Å²) in [6.45, 7) is 0.443. The van der Waals surface area contributed by atoms with Crippen molar-refractivity contribution in [2.75, 3.05) is 23.6 Å². The van der Waals surface area contributed by atoms with Crippen molar-refractivity contribution in [2.45, 2.75) is 18.6 Å². The number of fused-ring (bicyclic) bond motifs is 5. The molecular formula is C32H25Br3N4O. The van der Waals surface area contributed by atoms with E-state index in [0.717, 1.165) is 54.1 Å². The minimum atomic E-state index is 0.0135. The van der Waals surface area contributed by atoms with Crippen molar-refractivity contribution in [3.8, 4) is 0 Å². The Balaban J connectivity index is 1.53. The summed E-state index contributed by atoms with van der Waals surface area (Å²) in [5, 5.41) is 7.33. The second-order valence-electron chi connectivity index (χ2n) is 10.0. The molecule has 40 heavy (non-hydrogen) atoms. The van der Waals surface area contributed by atoms with Crippen LogP contribution in [-0.2, 0) is 11.2 Å². The smallest absolute Gasteiger partial charge is 0.161 e. The molecule has 2 heterocycles. The van der Waals surface area contributed by atoms with E-state index in [9.17, 15) is 0 Å². The zero-order valence-electron chi connectivity index (χ0n) is 21.6. The van der Waals surface area contributed by atoms with E-state index >= 15 is 0 Å². The van der Waals surface area contributed by atoms with E-state index < -0.39 is 0 Å². The van der Waals surface area contributed by atoms with Gasteiger partial charge < -0.3 is 9.64 Å². The second kappa shape index (κ2) is 10.5. The van der Waals surface area contributed by atoms with Crippen LogP contribution < -0.4 is 9.91 Å². The summed E-state index contributed by atoms with van der Waals surface area (Å²) in [6.07, 6.45) is 0.931. The van der Waals surface area contributed by atoms with Crippen LogP contribution >= 0.6 is 47.8 Å². The Bertz CT molecular complexity index is 1630. The van der Waals surface area contributed by atoms with Gasteiger partial charge >= 0.3 is 0 Å². The normalized spacial score (nSPS) is 20.6. The fourth-order valence-electron chi connectivity index (χ4n) is 5.96. The molecule has 0 amide bonds. The molecule has 1 aliphatic carbocycles. The zero-order valence-corrected chi connectivity index (χ0v) is 26.4. The van der Waals surface area contributed by atoms with E-state index in [1.54, 1.807) is 0 Å². The van der Waals surface area contributed by atoms with E-state index in [-0.39, 0.29) is 12.1 Å². The molecule has 200 valence electrons. The molecule has 2 aliphatic heterocycles. The number of hydrazone groups is 1. The van der Waals surface area contributed by atoms with Crippen LogP contribution in [0.4, 0.5) is 11.4 Å². The molecular weight excluding hydrogens is 696 g/mol. The quantitative estimate of drug-likeness (QED) is 0.212. The van der Waals surface area contributed by atoms with E-state index in [1.165, 1.54) is 11.1 Å². The number of nitrogens with zero attached hydrogens (tertiary/aromatic N) is 4. The predicted molar refractivity (Wildman–Crippen MR) is 172 cm³/mol. The molecule has 0 aromatic heterocycles. The van der Waals surface area contributed by atoms with Gasteiger partial charge in [-0.2, -0.15) is 0 Å². The highest BCUT2D eigenvalue weighted by Crippen LogP contribution is 2.50. The Morgan fingerprint density at radius 3 is 2.25 bits per heavy atom. The highest BCUT2D eigenvalue weighted by atomic mass is 79.9. The minimum Gasteiger partial charge on any atom is -0.367 e. The molecule has 0 saturated carbocycles. The largest absolute Gasteiger partial charge is 0.367 e. The number of halogens is 3. The maximum Gasteiger partial charge on any atom is 0.161 e. The first-order valence-electron chi connectivity index (χ1n) is 13.1. The molecule has 0 radical (unpaired) electrons. The van der Waals surface area contributed by atoms with Crippen molar-refractivity contribution in [2.24, 2.45) is 5.10 Å². The van der Waals surface area contributed by atoms with Crippen LogP contribution in [0.1, 0.15) is 22.7 Å². The van der Waals surface area contributed by atoms with Crippen LogP contribution in [0.5, 0.6) is 0 Å². The van der Waals surface area contributed by atoms with E-state index in [0.29, 0.717) is 6.61 Å². The number of hydrogen-bond acceptors (Lipinski definition) is 5. The van der Waals surface area contributed by atoms with Gasteiger partial charge in [0.15, 0.2) is 11.7 Å². The van der Waals surface area contributed by atoms with Gasteiger partial charge in [0, 0.05) is 38.1 Å². The lowest BCUT2D eigenvalue weighted by Crippen LogP contribution is -2.46. The molecule has 0 spiro atoms. The SMILES string of the molecule is CN(/C(=C1\N(c2c(Br)cc(Br)cc2Br)N=C2CO[C@@H]3Cc4ccccc4[C@@H]3N21)c1ccccc1)c1ccccc1. The van der Waals surface area contributed by atoms with Gasteiger partial charge in [-0.3, -0.25) is 4.90 Å². The number of rotatable bonds is 4. The lowest BCUT2D eigenvalue weighted by molar-refractivity contribution is 0.0131. The second-order valence-corrected chi connectivity index (χ2v) is 12.7. The Hall–Kier alpha value is -2.91. The number of hydrogen-bond donors (Lipinski definition) is 0. The molecule has 7 rings (SSSR count). The highest BCUT2D eigenvalue weighted by Gasteiger charge is 2.49. The van der Waals surface area contributed by atoms with Crippen molar-refractivity contribution in [1.82, 2.24) is 4.90 Å². The first kappa shape index (κ1) is 26.0. The molecule has 3 aliphatic rings. The van der Waals surface area contributed by atoms with Crippen LogP contribution in [0.2, 0.25) is 0 Å². The van der Waals surface area contributed by atoms with Gasteiger partial charge in [-0.15, -0.1) is 5.10 Å². The van der Waals surface area contributed by atoms with Gasteiger partial charge in [-0.25, -0.2) is 5.01 Å². The van der Waals surface area contributed by atoms with Crippen LogP contribution in [0.15, 0.2) is 121 Å². The summed E-state index contributed by atoms with van der Waals surface area (Å²) in [5.41, 5.74) is 6.80. The van der Waals surface area contributed by atoms with Crippen LogP contribution in [0.25, 0.3) is 5.70 Å². The maximum atomic E-state index is 6.47. The van der Waals surface area contributed by atoms with Crippen molar-refractivity contribution in [3.63, 3.8) is 0 Å². The first-order valence-corrected chi connectivity index (χ1v) is 15.5. The lowest BCUT2D eigenvalue weighted by atomic mass is 10.0. The summed E-state index contributed by atoms with van der Waals surface area (Å²) in [6, 6.07) is 33.9. The monoisotopic (exact) mass is 718 g/mol. The predicted octanol–water partition coefficient (Wildman–Crippen LogP) is 8.57. The van der Waals surface area contributed by atoms with Gasteiger partial charge in [0.2, 0.25) is 0 Å². The Morgan fingerprint density at radius 1 is 0.875 bits per heavy atom. The number of morpholine rings is 1. The molecule has 4 aromatic rings. The van der Waals surface area contributed by atoms with Crippen molar-refractivity contribution < 1.29 is 4.74 Å². The molecule has 2 atom stereocenters. The third kappa shape index (κ3) is 4.33. The third-order valence-corrected chi connectivity index (χ3v) is 9.37. The van der Waals surface area contributed by atoms with Crippen molar-refractivity contribution >= 4 is 70.7 Å². The number of benzene rings is 4. The molecule has 1 saturated heterocycles. The summed E-state index contributed by atoms with van der Waals surface area (Å²) >= 11 is 11.3. The number of anilines is 2. The van der Waals surface area contributed by atoms with Gasteiger partial charge in [0.1, 0.15) is 6.61 Å². The number of para-hydroxylation sites is 1. The summed E-state index contributed by atoms with van der Waals surface area (Å²) in [5.74, 6) is 1.89. The average molecular weight is 721 g/mol. The lowest BCUT2D eigenvalue weighted by Gasteiger charge is -2.40. The first-order chi connectivity index (χ1) is 19.5. The van der Waals surface area contributed by atoms with Gasteiger partial charge in [0.25, 0.3) is 0 Å². The van der Waals surface area contributed by atoms with E-state index in [4.69, 9.17) is 9.84 Å². The molecule has 5 nitrogen and oxygen atoms in total. The van der Waals surface area contributed by atoms with Gasteiger partial charge in [-0.05, 0) is 67.3 Å². The fourth-order valence-corrected chi connectivity index (χ4v) is 8.55. The minimum absolute atomic E-state index is 0.0135. The molecule has 0 bridgehead atoms. The van der Waals surface area contributed by atoms with Crippen LogP contribution in [0, 0.1) is 0 Å². The summed E-state index contributed by atoms with van der Waals surface area (Å²) < 4.78 is 9.30. The van der Waals surface area contributed by atoms with Crippen molar-refractivity contribution in [1.29, 1.82) is 0 Å². The average Bonchev–Trinajstić information content (AvgIpc) is 3.52. The standard InChI is InChI=1S/C32H25Br3N4O/c1-37(23-13-6-3-7-14-23)29(20-10-4-2-5-11-20)32-38-28(36-39(32)31-25(34)17-22(33)18-26(31)35)19-40-27-16-21-12-8-9-15-24(21)30(27)38/h2-15,17-18,27,30H,16,19H2,1H3/b32-29-/t27-,30+/m1/s1. The fraction of sp³-hybridized carbons (Fsp3) is 0.156. The molecule has 1 fully saturated rings. The van der Waals surface area contributed by atoms with Crippen molar-refractivity contribution in [3.05, 3.63) is 133 Å². The van der Waals surface area contributed by atoms with E-state index in [1.807, 2.05) is 6.07 Å².